The molecule has 2 aliphatic rings. The molecule has 4 nitrogen and oxygen atoms in total. The number of likely N-dealkylation sites (N-methyl/N-ethyl adjacent to an activating group) is 1. The average Bonchev–Trinajstić information content (AvgIpc) is 2.60. The minimum absolute atomic E-state index is 0.0496. The quantitative estimate of drug-likeness (QED) is 0.764. The Labute approximate surface area is 98.1 Å². The Kier molecular flexibility index (Phi) is 3.38. The summed E-state index contributed by atoms with van der Waals surface area (Å²) in [6, 6.07) is 0. The van der Waals surface area contributed by atoms with Crippen molar-refractivity contribution in [2.24, 2.45) is 10.9 Å². The lowest BCUT2D eigenvalue weighted by molar-refractivity contribution is -0.0713. The van der Waals surface area contributed by atoms with Gasteiger partial charge in [0, 0.05) is 26.7 Å². The first-order chi connectivity index (χ1) is 7.57. The second-order valence-corrected chi connectivity index (χ2v) is 5.47. The van der Waals surface area contributed by atoms with Crippen LogP contribution in [0, 0.1) is 5.92 Å². The van der Waals surface area contributed by atoms with Crippen LogP contribution in [0.1, 0.15) is 26.7 Å². The summed E-state index contributed by atoms with van der Waals surface area (Å²) in [4.78, 5) is 6.62. The zero-order valence-electron chi connectivity index (χ0n) is 10.6. The molecular formula is C12H23N3O. The molecule has 2 heterocycles. The van der Waals surface area contributed by atoms with Gasteiger partial charge in [0.25, 0.3) is 0 Å². The van der Waals surface area contributed by atoms with Crippen LogP contribution in [0.15, 0.2) is 4.99 Å². The van der Waals surface area contributed by atoms with E-state index in [0.717, 1.165) is 45.0 Å². The van der Waals surface area contributed by atoms with Crippen molar-refractivity contribution < 1.29 is 4.74 Å². The second-order valence-electron chi connectivity index (χ2n) is 5.47. The maximum Gasteiger partial charge on any atom is 0.193 e. The van der Waals surface area contributed by atoms with Gasteiger partial charge >= 0.3 is 0 Å². The molecule has 2 aliphatic heterocycles. The van der Waals surface area contributed by atoms with Crippen LogP contribution in [-0.4, -0.2) is 49.7 Å². The number of nitrogens with one attached hydrogen (secondary N) is 1. The Balaban J connectivity index is 1.77. The lowest BCUT2D eigenvalue weighted by Crippen LogP contribution is -2.42. The molecule has 0 aromatic rings. The van der Waals surface area contributed by atoms with Crippen molar-refractivity contribution in [3.8, 4) is 0 Å². The number of nitrogens with zero attached hydrogens (tertiary/aromatic N) is 2. The van der Waals surface area contributed by atoms with Crippen LogP contribution in [0.3, 0.4) is 0 Å². The molecular weight excluding hydrogens is 202 g/mol. The van der Waals surface area contributed by atoms with Gasteiger partial charge in [-0.25, -0.2) is 0 Å². The van der Waals surface area contributed by atoms with E-state index in [9.17, 15) is 0 Å². The minimum Gasteiger partial charge on any atom is -0.376 e. The molecule has 0 aromatic heterocycles. The molecule has 0 spiro atoms. The highest BCUT2D eigenvalue weighted by molar-refractivity contribution is 5.81. The van der Waals surface area contributed by atoms with Crippen molar-refractivity contribution in [2.45, 2.75) is 32.3 Å². The van der Waals surface area contributed by atoms with E-state index in [1.54, 1.807) is 0 Å². The van der Waals surface area contributed by atoms with Crippen LogP contribution in [0.2, 0.25) is 0 Å². The van der Waals surface area contributed by atoms with Gasteiger partial charge in [0.15, 0.2) is 5.96 Å². The number of hydrogen-bond donors (Lipinski definition) is 1. The monoisotopic (exact) mass is 225 g/mol. The fourth-order valence-corrected chi connectivity index (χ4v) is 2.49. The third-order valence-electron chi connectivity index (χ3n) is 3.41. The highest BCUT2D eigenvalue weighted by atomic mass is 16.5. The number of guanidine groups is 1. The van der Waals surface area contributed by atoms with Gasteiger partial charge in [-0.2, -0.15) is 0 Å². The van der Waals surface area contributed by atoms with Gasteiger partial charge in [0.05, 0.1) is 12.1 Å². The number of hydrogen-bond acceptors (Lipinski definition) is 4. The average molecular weight is 225 g/mol. The molecule has 4 heteroatoms. The summed E-state index contributed by atoms with van der Waals surface area (Å²) in [5, 5.41) is 3.46. The zero-order chi connectivity index (χ0) is 11.6. The van der Waals surface area contributed by atoms with E-state index in [0.29, 0.717) is 5.92 Å². The topological polar surface area (TPSA) is 36.9 Å². The summed E-state index contributed by atoms with van der Waals surface area (Å²) in [6.45, 7) is 8.24. The van der Waals surface area contributed by atoms with E-state index in [-0.39, 0.29) is 5.60 Å². The molecule has 2 rings (SSSR count). The second kappa shape index (κ2) is 4.62. The Bertz CT molecular complexity index is 275. The maximum absolute atomic E-state index is 5.72. The maximum atomic E-state index is 5.72. The van der Waals surface area contributed by atoms with Gasteiger partial charge < -0.3 is 15.0 Å². The molecule has 1 N–H and O–H groups in total. The van der Waals surface area contributed by atoms with Crippen LogP contribution in [-0.2, 0) is 4.74 Å². The van der Waals surface area contributed by atoms with Crippen LogP contribution < -0.4 is 5.32 Å². The van der Waals surface area contributed by atoms with Crippen molar-refractivity contribution in [3.05, 3.63) is 0 Å². The third-order valence-corrected chi connectivity index (χ3v) is 3.41. The number of aliphatic imine (C=N–C) groups is 1. The van der Waals surface area contributed by atoms with E-state index < -0.39 is 0 Å². The molecule has 0 aliphatic carbocycles. The predicted octanol–water partition coefficient (Wildman–Crippen LogP) is 1.08. The molecule has 0 aromatic carbocycles. The predicted molar refractivity (Wildman–Crippen MR) is 65.7 cm³/mol. The molecule has 0 saturated carbocycles. The smallest absolute Gasteiger partial charge is 0.193 e. The van der Waals surface area contributed by atoms with Gasteiger partial charge in [-0.15, -0.1) is 0 Å². The van der Waals surface area contributed by atoms with Gasteiger partial charge in [-0.3, -0.25) is 4.99 Å². The molecule has 1 atom stereocenters. The van der Waals surface area contributed by atoms with Gasteiger partial charge in [-0.1, -0.05) is 0 Å². The molecule has 92 valence electrons. The van der Waals surface area contributed by atoms with E-state index in [2.05, 4.69) is 36.1 Å². The summed E-state index contributed by atoms with van der Waals surface area (Å²) in [5.41, 5.74) is 0.0496. The summed E-state index contributed by atoms with van der Waals surface area (Å²) < 4.78 is 5.72. The van der Waals surface area contributed by atoms with Crippen LogP contribution in [0.5, 0.6) is 0 Å². The fourth-order valence-electron chi connectivity index (χ4n) is 2.49. The minimum atomic E-state index is 0.0496. The summed E-state index contributed by atoms with van der Waals surface area (Å²) in [5.74, 6) is 1.77. The molecule has 1 saturated heterocycles. The van der Waals surface area contributed by atoms with Gasteiger partial charge in [-0.05, 0) is 32.6 Å². The molecule has 0 bridgehead atoms. The van der Waals surface area contributed by atoms with Crippen molar-refractivity contribution in [2.75, 3.05) is 33.3 Å². The van der Waals surface area contributed by atoms with Crippen LogP contribution >= 0.6 is 0 Å². The molecule has 16 heavy (non-hydrogen) atoms. The molecule has 0 radical (unpaired) electrons. The Hall–Kier alpha value is -0.770. The van der Waals surface area contributed by atoms with Crippen molar-refractivity contribution in [1.82, 2.24) is 10.2 Å². The Morgan fingerprint density at radius 3 is 3.00 bits per heavy atom. The lowest BCUT2D eigenvalue weighted by atomic mass is 9.88. The van der Waals surface area contributed by atoms with Crippen LogP contribution in [0.25, 0.3) is 0 Å². The first-order valence-electron chi connectivity index (χ1n) is 6.20. The number of ether oxygens (including phenoxy) is 1. The van der Waals surface area contributed by atoms with E-state index in [1.165, 1.54) is 0 Å². The van der Waals surface area contributed by atoms with Crippen molar-refractivity contribution >= 4 is 5.96 Å². The lowest BCUT2D eigenvalue weighted by Gasteiger charge is -2.35. The third kappa shape index (κ3) is 2.88. The van der Waals surface area contributed by atoms with Crippen molar-refractivity contribution in [1.29, 1.82) is 0 Å². The standard InChI is InChI=1S/C12H23N3O/c1-12(2)8-10(4-7-16-12)9-14-11-13-5-6-15(11)3/h10H,4-9H2,1-3H3,(H,13,14). The highest BCUT2D eigenvalue weighted by Crippen LogP contribution is 2.27. The molecule has 1 fully saturated rings. The van der Waals surface area contributed by atoms with Gasteiger partial charge in [0.1, 0.15) is 0 Å². The summed E-state index contributed by atoms with van der Waals surface area (Å²) >= 11 is 0. The molecule has 1 unspecified atom stereocenters. The molecule has 0 amide bonds. The first kappa shape index (κ1) is 11.7. The number of rotatable bonds is 2. The summed E-state index contributed by atoms with van der Waals surface area (Å²) in [6.07, 6.45) is 2.30. The van der Waals surface area contributed by atoms with E-state index >= 15 is 0 Å². The van der Waals surface area contributed by atoms with E-state index in [1.807, 2.05) is 0 Å². The van der Waals surface area contributed by atoms with E-state index in [4.69, 9.17) is 4.74 Å². The Morgan fingerprint density at radius 1 is 1.56 bits per heavy atom. The fraction of sp³-hybridized carbons (Fsp3) is 0.917. The summed E-state index contributed by atoms with van der Waals surface area (Å²) in [7, 11) is 2.09. The SMILES string of the molecule is CN1CCN=C1NCC1CCOC(C)(C)C1. The van der Waals surface area contributed by atoms with Crippen LogP contribution in [0.4, 0.5) is 0 Å². The Morgan fingerprint density at radius 2 is 2.38 bits per heavy atom. The normalized spacial score (nSPS) is 29.1. The van der Waals surface area contributed by atoms with Gasteiger partial charge in [0.2, 0.25) is 0 Å². The van der Waals surface area contributed by atoms with Crippen molar-refractivity contribution in [3.63, 3.8) is 0 Å². The largest absolute Gasteiger partial charge is 0.376 e. The zero-order valence-corrected chi connectivity index (χ0v) is 10.6. The first-order valence-corrected chi connectivity index (χ1v) is 6.20. The highest BCUT2D eigenvalue weighted by Gasteiger charge is 2.29.